The van der Waals surface area contributed by atoms with Gasteiger partial charge in [-0.25, -0.2) is 9.80 Å². The van der Waals surface area contributed by atoms with Gasteiger partial charge in [0.15, 0.2) is 0 Å². The highest BCUT2D eigenvalue weighted by molar-refractivity contribution is 6.05. The van der Waals surface area contributed by atoms with E-state index >= 15 is 0 Å². The number of fused-ring (bicyclic) bond motifs is 2. The fraction of sp³-hybridized carbons (Fsp3) is 0.786. The maximum Gasteiger partial charge on any atom is 0.404 e. The van der Waals surface area contributed by atoms with Crippen molar-refractivity contribution in [3.8, 4) is 0 Å². The summed E-state index contributed by atoms with van der Waals surface area (Å²) in [5.74, 6) is 2.36. The second-order valence-corrected chi connectivity index (χ2v) is 6.24. The lowest BCUT2D eigenvalue weighted by Crippen LogP contribution is -2.29. The summed E-state index contributed by atoms with van der Waals surface area (Å²) < 4.78 is 0. The van der Waals surface area contributed by atoms with Gasteiger partial charge in [-0.05, 0) is 37.0 Å². The molecule has 2 bridgehead atoms. The van der Waals surface area contributed by atoms with Crippen molar-refractivity contribution in [3.63, 3.8) is 0 Å². The lowest BCUT2D eigenvalue weighted by atomic mass is 9.89. The minimum atomic E-state index is -1.03. The zero-order chi connectivity index (χ0) is 14.1. The van der Waals surface area contributed by atoms with Crippen LogP contribution in [0.15, 0.2) is 5.10 Å². The summed E-state index contributed by atoms with van der Waals surface area (Å²) in [4.78, 5) is 22.3. The molecule has 2 fully saturated rings. The third-order valence-electron chi connectivity index (χ3n) is 4.89. The number of hydrogen-bond donors (Lipinski definition) is 2. The molecule has 2 aliphatic carbocycles. The Morgan fingerprint density at radius 3 is 2.90 bits per heavy atom. The monoisotopic (exact) mass is 279 g/mol. The van der Waals surface area contributed by atoms with Crippen LogP contribution >= 0.6 is 0 Å². The van der Waals surface area contributed by atoms with Gasteiger partial charge in [-0.2, -0.15) is 5.10 Å². The summed E-state index contributed by atoms with van der Waals surface area (Å²) in [6.07, 6.45) is 5.11. The molecule has 0 aromatic heterocycles. The molecule has 2 amide bonds. The van der Waals surface area contributed by atoms with Crippen LogP contribution in [0.5, 0.6) is 0 Å². The van der Waals surface area contributed by atoms with E-state index in [0.29, 0.717) is 25.3 Å². The summed E-state index contributed by atoms with van der Waals surface area (Å²) >= 11 is 0. The minimum absolute atomic E-state index is 0.0677. The molecule has 0 radical (unpaired) electrons. The van der Waals surface area contributed by atoms with Gasteiger partial charge < -0.3 is 10.4 Å². The quantitative estimate of drug-likeness (QED) is 0.803. The molecular formula is C14H21N3O3. The molecule has 3 aliphatic rings. The predicted octanol–water partition coefficient (Wildman–Crippen LogP) is 1.67. The van der Waals surface area contributed by atoms with Crippen LogP contribution in [0.25, 0.3) is 0 Å². The van der Waals surface area contributed by atoms with Crippen molar-refractivity contribution in [2.24, 2.45) is 22.9 Å². The van der Waals surface area contributed by atoms with E-state index < -0.39 is 6.09 Å². The smallest absolute Gasteiger partial charge is 0.404 e. The second-order valence-electron chi connectivity index (χ2n) is 6.24. The van der Waals surface area contributed by atoms with Crippen molar-refractivity contribution >= 4 is 17.7 Å². The van der Waals surface area contributed by atoms with Gasteiger partial charge in [0.2, 0.25) is 5.91 Å². The van der Waals surface area contributed by atoms with Crippen molar-refractivity contribution in [1.29, 1.82) is 0 Å². The minimum Gasteiger partial charge on any atom is -0.465 e. The largest absolute Gasteiger partial charge is 0.465 e. The van der Waals surface area contributed by atoms with Gasteiger partial charge in [-0.15, -0.1) is 0 Å². The molecule has 0 aromatic carbocycles. The Balaban J connectivity index is 1.50. The summed E-state index contributed by atoms with van der Waals surface area (Å²) in [7, 11) is 0. The van der Waals surface area contributed by atoms with Crippen LogP contribution in [0, 0.1) is 17.8 Å². The van der Waals surface area contributed by atoms with Crippen LogP contribution < -0.4 is 5.32 Å². The van der Waals surface area contributed by atoms with Crippen molar-refractivity contribution in [2.45, 2.75) is 38.5 Å². The zero-order valence-corrected chi connectivity index (χ0v) is 11.5. The lowest BCUT2D eigenvalue weighted by Gasteiger charge is -2.24. The number of amides is 2. The Kier molecular flexibility index (Phi) is 3.63. The summed E-state index contributed by atoms with van der Waals surface area (Å²) in [6.45, 7) is 1.08. The Labute approximate surface area is 118 Å². The Morgan fingerprint density at radius 2 is 2.25 bits per heavy atom. The first-order chi connectivity index (χ1) is 9.61. The van der Waals surface area contributed by atoms with Crippen LogP contribution in [-0.2, 0) is 4.79 Å². The molecule has 6 heteroatoms. The highest BCUT2D eigenvalue weighted by atomic mass is 16.4. The number of carbonyl (C=O) groups excluding carboxylic acids is 1. The highest BCUT2D eigenvalue weighted by Gasteiger charge is 2.41. The fourth-order valence-corrected chi connectivity index (χ4v) is 3.94. The lowest BCUT2D eigenvalue weighted by molar-refractivity contribution is -0.129. The maximum atomic E-state index is 12.0. The molecule has 1 heterocycles. The van der Waals surface area contributed by atoms with Crippen LogP contribution in [0.1, 0.15) is 38.5 Å². The molecule has 110 valence electrons. The number of hydrazone groups is 1. The van der Waals surface area contributed by atoms with Gasteiger partial charge in [0, 0.05) is 25.2 Å². The first kappa shape index (κ1) is 13.4. The zero-order valence-electron chi connectivity index (χ0n) is 11.5. The van der Waals surface area contributed by atoms with Crippen LogP contribution in [0.4, 0.5) is 4.79 Å². The number of carboxylic acid groups (broad SMARTS) is 1. The Bertz CT molecular complexity index is 449. The number of hydrogen-bond acceptors (Lipinski definition) is 3. The van der Waals surface area contributed by atoms with E-state index in [9.17, 15) is 9.59 Å². The van der Waals surface area contributed by atoms with Crippen LogP contribution in [0.2, 0.25) is 0 Å². The molecule has 2 N–H and O–H groups in total. The van der Waals surface area contributed by atoms with Crippen molar-refractivity contribution in [2.75, 3.05) is 13.1 Å². The molecule has 20 heavy (non-hydrogen) atoms. The maximum absolute atomic E-state index is 12.0. The second kappa shape index (κ2) is 5.42. The Hall–Kier alpha value is -1.59. The van der Waals surface area contributed by atoms with E-state index in [0.717, 1.165) is 24.1 Å². The number of rotatable bonds is 5. The first-order valence-corrected chi connectivity index (χ1v) is 7.45. The molecule has 3 rings (SSSR count). The molecule has 0 spiro atoms. The van der Waals surface area contributed by atoms with E-state index in [-0.39, 0.29) is 5.91 Å². The van der Waals surface area contributed by atoms with Crippen molar-refractivity contribution in [3.05, 3.63) is 0 Å². The average Bonchev–Trinajstić information content (AvgIpc) is 3.06. The molecule has 3 unspecified atom stereocenters. The summed E-state index contributed by atoms with van der Waals surface area (Å²) in [5.41, 5.74) is 0.798. The van der Waals surface area contributed by atoms with Crippen LogP contribution in [0.3, 0.4) is 0 Å². The standard InChI is InChI=1S/C14H21N3O3/c18-13-7-12(3-4-15-14(19)20)16-17(13)8-11-6-9-1-2-10(11)5-9/h9-11,15H,1-8H2,(H,19,20). The predicted molar refractivity (Wildman–Crippen MR) is 73.3 cm³/mol. The summed E-state index contributed by atoms with van der Waals surface area (Å²) in [5, 5.41) is 16.8. The number of nitrogens with zero attached hydrogens (tertiary/aromatic N) is 2. The van der Waals surface area contributed by atoms with E-state index in [1.54, 1.807) is 5.01 Å². The van der Waals surface area contributed by atoms with Gasteiger partial charge in [-0.1, -0.05) is 6.42 Å². The Morgan fingerprint density at radius 1 is 1.40 bits per heavy atom. The molecule has 0 aromatic rings. The molecule has 0 saturated heterocycles. The van der Waals surface area contributed by atoms with Crippen LogP contribution in [-0.4, -0.2) is 40.9 Å². The van der Waals surface area contributed by atoms with Crippen molar-refractivity contribution in [1.82, 2.24) is 10.3 Å². The number of nitrogens with one attached hydrogen (secondary N) is 1. The fourth-order valence-electron chi connectivity index (χ4n) is 3.94. The van der Waals surface area contributed by atoms with Crippen molar-refractivity contribution < 1.29 is 14.7 Å². The van der Waals surface area contributed by atoms with E-state index in [1.165, 1.54) is 25.7 Å². The topological polar surface area (TPSA) is 82.0 Å². The first-order valence-electron chi connectivity index (χ1n) is 7.45. The van der Waals surface area contributed by atoms with Gasteiger partial charge >= 0.3 is 6.09 Å². The van der Waals surface area contributed by atoms with E-state index in [2.05, 4.69) is 10.4 Å². The molecule has 1 aliphatic heterocycles. The normalized spacial score (nSPS) is 31.8. The summed E-state index contributed by atoms with van der Waals surface area (Å²) in [6, 6.07) is 0. The SMILES string of the molecule is O=C(O)NCCC1=NN(CC2CC3CCC2C3)C(=O)C1. The molecule has 6 nitrogen and oxygen atoms in total. The van der Waals surface area contributed by atoms with E-state index in [1.807, 2.05) is 0 Å². The van der Waals surface area contributed by atoms with Gasteiger partial charge in [-0.3, -0.25) is 4.79 Å². The molecular weight excluding hydrogens is 258 g/mol. The third-order valence-corrected chi connectivity index (χ3v) is 4.89. The molecule has 3 atom stereocenters. The highest BCUT2D eigenvalue weighted by Crippen LogP contribution is 2.48. The third kappa shape index (κ3) is 2.78. The van der Waals surface area contributed by atoms with Gasteiger partial charge in [0.1, 0.15) is 0 Å². The van der Waals surface area contributed by atoms with Gasteiger partial charge in [0.05, 0.1) is 6.42 Å². The molecule has 2 saturated carbocycles. The van der Waals surface area contributed by atoms with E-state index in [4.69, 9.17) is 5.11 Å². The average molecular weight is 279 g/mol. The van der Waals surface area contributed by atoms with Gasteiger partial charge in [0.25, 0.3) is 0 Å². The number of carbonyl (C=O) groups is 2.